The SMILES string of the molecule is CCNc1ccc(C(=O)N/N=C(\C)c2ccccc2O)cc1[N+](=O)[O-]. The molecule has 2 aromatic rings. The van der Waals surface area contributed by atoms with E-state index in [9.17, 15) is 20.0 Å². The lowest BCUT2D eigenvalue weighted by Crippen LogP contribution is -2.19. The molecule has 0 atom stereocenters. The largest absolute Gasteiger partial charge is 0.507 e. The van der Waals surface area contributed by atoms with E-state index in [-0.39, 0.29) is 17.0 Å². The highest BCUT2D eigenvalue weighted by Crippen LogP contribution is 2.25. The van der Waals surface area contributed by atoms with E-state index in [1.165, 1.54) is 24.3 Å². The van der Waals surface area contributed by atoms with Crippen molar-refractivity contribution in [3.63, 3.8) is 0 Å². The first-order valence-electron chi connectivity index (χ1n) is 7.59. The molecule has 0 aliphatic carbocycles. The molecular formula is C17H18N4O4. The number of anilines is 1. The van der Waals surface area contributed by atoms with Crippen LogP contribution in [0.4, 0.5) is 11.4 Å². The molecule has 0 aliphatic rings. The Morgan fingerprint density at radius 3 is 2.64 bits per heavy atom. The summed E-state index contributed by atoms with van der Waals surface area (Å²) >= 11 is 0. The number of hydrogen-bond acceptors (Lipinski definition) is 6. The number of nitro groups is 1. The second kappa shape index (κ2) is 7.91. The van der Waals surface area contributed by atoms with E-state index in [0.717, 1.165) is 0 Å². The lowest BCUT2D eigenvalue weighted by Gasteiger charge is -2.07. The maximum absolute atomic E-state index is 12.2. The van der Waals surface area contributed by atoms with E-state index in [1.54, 1.807) is 25.1 Å². The summed E-state index contributed by atoms with van der Waals surface area (Å²) in [7, 11) is 0. The van der Waals surface area contributed by atoms with Crippen LogP contribution in [0.2, 0.25) is 0 Å². The van der Waals surface area contributed by atoms with Gasteiger partial charge in [-0.1, -0.05) is 12.1 Å². The highest BCUT2D eigenvalue weighted by molar-refractivity contribution is 6.02. The Bertz CT molecular complexity index is 833. The number of aromatic hydroxyl groups is 1. The predicted octanol–water partition coefficient (Wildman–Crippen LogP) is 2.89. The number of carbonyl (C=O) groups is 1. The molecule has 0 radical (unpaired) electrons. The molecule has 130 valence electrons. The number of rotatable bonds is 6. The molecule has 0 aliphatic heterocycles. The zero-order valence-electron chi connectivity index (χ0n) is 13.8. The third-order valence-electron chi connectivity index (χ3n) is 3.44. The van der Waals surface area contributed by atoms with Crippen LogP contribution < -0.4 is 10.7 Å². The minimum atomic E-state index is -0.582. The fraction of sp³-hybridized carbons (Fsp3) is 0.176. The average Bonchev–Trinajstić information content (AvgIpc) is 2.60. The zero-order chi connectivity index (χ0) is 18.4. The summed E-state index contributed by atoms with van der Waals surface area (Å²) in [5, 5.41) is 27.7. The molecule has 0 saturated heterocycles. The minimum absolute atomic E-state index is 0.0450. The number of nitrogens with zero attached hydrogens (tertiary/aromatic N) is 2. The zero-order valence-corrected chi connectivity index (χ0v) is 13.8. The summed E-state index contributed by atoms with van der Waals surface area (Å²) in [6, 6.07) is 10.7. The smallest absolute Gasteiger partial charge is 0.293 e. The van der Waals surface area contributed by atoms with Gasteiger partial charge in [-0.3, -0.25) is 14.9 Å². The van der Waals surface area contributed by atoms with Crippen molar-refractivity contribution >= 4 is 23.0 Å². The Morgan fingerprint density at radius 2 is 2.00 bits per heavy atom. The van der Waals surface area contributed by atoms with Crippen LogP contribution in [-0.2, 0) is 0 Å². The molecule has 0 aromatic heterocycles. The van der Waals surface area contributed by atoms with Crippen molar-refractivity contribution < 1.29 is 14.8 Å². The normalized spacial score (nSPS) is 11.0. The van der Waals surface area contributed by atoms with E-state index in [1.807, 2.05) is 6.92 Å². The fourth-order valence-corrected chi connectivity index (χ4v) is 2.20. The number of amides is 1. The highest BCUT2D eigenvalue weighted by atomic mass is 16.6. The standard InChI is InChI=1S/C17H18N4O4/c1-3-18-14-9-8-12(10-15(14)21(24)25)17(23)20-19-11(2)13-6-4-5-7-16(13)22/h4-10,18,22H,3H2,1-2H3,(H,20,23)/b19-11+. The molecule has 0 saturated carbocycles. The van der Waals surface area contributed by atoms with Crippen LogP contribution in [0.15, 0.2) is 47.6 Å². The lowest BCUT2D eigenvalue weighted by atomic mass is 10.1. The summed E-state index contributed by atoms with van der Waals surface area (Å²) in [5.41, 5.74) is 3.50. The molecule has 2 aromatic carbocycles. The van der Waals surface area contributed by atoms with Crippen LogP contribution in [0, 0.1) is 10.1 Å². The van der Waals surface area contributed by atoms with Crippen molar-refractivity contribution in [1.82, 2.24) is 5.43 Å². The second-order valence-electron chi connectivity index (χ2n) is 5.17. The molecule has 2 rings (SSSR count). The summed E-state index contributed by atoms with van der Waals surface area (Å²) in [6.07, 6.45) is 0. The number of phenols is 1. The molecule has 1 amide bonds. The van der Waals surface area contributed by atoms with Crippen molar-refractivity contribution in [1.29, 1.82) is 0 Å². The van der Waals surface area contributed by atoms with Gasteiger partial charge in [0, 0.05) is 23.7 Å². The van der Waals surface area contributed by atoms with Gasteiger partial charge in [0.15, 0.2) is 0 Å². The van der Waals surface area contributed by atoms with Crippen molar-refractivity contribution in [2.75, 3.05) is 11.9 Å². The van der Waals surface area contributed by atoms with Crippen molar-refractivity contribution in [2.24, 2.45) is 5.10 Å². The van der Waals surface area contributed by atoms with Crippen LogP contribution >= 0.6 is 0 Å². The number of carbonyl (C=O) groups excluding carboxylic acids is 1. The second-order valence-corrected chi connectivity index (χ2v) is 5.17. The van der Waals surface area contributed by atoms with Crippen LogP contribution in [0.5, 0.6) is 5.75 Å². The number of hydrogen-bond donors (Lipinski definition) is 3. The third kappa shape index (κ3) is 4.31. The Morgan fingerprint density at radius 1 is 1.28 bits per heavy atom. The van der Waals surface area contributed by atoms with Gasteiger partial charge in [0.25, 0.3) is 11.6 Å². The Hall–Kier alpha value is -3.42. The third-order valence-corrected chi connectivity index (χ3v) is 3.44. The maximum atomic E-state index is 12.2. The average molecular weight is 342 g/mol. The van der Waals surface area contributed by atoms with Crippen LogP contribution in [0.25, 0.3) is 0 Å². The molecule has 3 N–H and O–H groups in total. The summed E-state index contributed by atoms with van der Waals surface area (Å²) in [6.45, 7) is 3.98. The van der Waals surface area contributed by atoms with Crippen LogP contribution in [-0.4, -0.2) is 28.2 Å². The molecular weight excluding hydrogens is 324 g/mol. The van der Waals surface area contributed by atoms with E-state index >= 15 is 0 Å². The van der Waals surface area contributed by atoms with Crippen LogP contribution in [0.1, 0.15) is 29.8 Å². The van der Waals surface area contributed by atoms with Gasteiger partial charge >= 0.3 is 0 Å². The topological polar surface area (TPSA) is 117 Å². The molecule has 0 fully saturated rings. The quantitative estimate of drug-likeness (QED) is 0.424. The van der Waals surface area contributed by atoms with E-state index in [0.29, 0.717) is 23.5 Å². The first-order valence-corrected chi connectivity index (χ1v) is 7.59. The van der Waals surface area contributed by atoms with Gasteiger partial charge < -0.3 is 10.4 Å². The van der Waals surface area contributed by atoms with Gasteiger partial charge in [-0.25, -0.2) is 5.43 Å². The summed E-state index contributed by atoms with van der Waals surface area (Å²) in [4.78, 5) is 22.8. The number of phenolic OH excluding ortho intramolecular Hbond substituents is 1. The first-order chi connectivity index (χ1) is 11.9. The fourth-order valence-electron chi connectivity index (χ4n) is 2.20. The Labute approximate surface area is 144 Å². The molecule has 25 heavy (non-hydrogen) atoms. The lowest BCUT2D eigenvalue weighted by molar-refractivity contribution is -0.384. The number of benzene rings is 2. The van der Waals surface area contributed by atoms with Gasteiger partial charge in [-0.15, -0.1) is 0 Å². The number of hydrazone groups is 1. The highest BCUT2D eigenvalue weighted by Gasteiger charge is 2.17. The van der Waals surface area contributed by atoms with Gasteiger partial charge in [-0.05, 0) is 38.1 Å². The molecule has 8 nitrogen and oxygen atoms in total. The summed E-state index contributed by atoms with van der Waals surface area (Å²) in [5.74, 6) is -0.537. The van der Waals surface area contributed by atoms with E-state index in [2.05, 4.69) is 15.8 Å². The number of nitro benzene ring substituents is 1. The van der Waals surface area contributed by atoms with E-state index < -0.39 is 10.8 Å². The van der Waals surface area contributed by atoms with Gasteiger partial charge in [-0.2, -0.15) is 5.10 Å². The molecule has 8 heteroatoms. The maximum Gasteiger partial charge on any atom is 0.293 e. The number of nitrogens with one attached hydrogen (secondary N) is 2. The van der Waals surface area contributed by atoms with Gasteiger partial charge in [0.2, 0.25) is 0 Å². The summed E-state index contributed by atoms with van der Waals surface area (Å²) < 4.78 is 0. The minimum Gasteiger partial charge on any atom is -0.507 e. The molecule has 0 spiro atoms. The predicted molar refractivity (Wildman–Crippen MR) is 95.0 cm³/mol. The first kappa shape index (κ1) is 17.9. The van der Waals surface area contributed by atoms with Crippen molar-refractivity contribution in [3.05, 3.63) is 63.7 Å². The Kier molecular flexibility index (Phi) is 5.67. The number of para-hydroxylation sites is 1. The van der Waals surface area contributed by atoms with E-state index in [4.69, 9.17) is 0 Å². The Balaban J connectivity index is 2.21. The van der Waals surface area contributed by atoms with Gasteiger partial charge in [0.05, 0.1) is 10.6 Å². The van der Waals surface area contributed by atoms with Crippen molar-refractivity contribution in [2.45, 2.75) is 13.8 Å². The van der Waals surface area contributed by atoms with Gasteiger partial charge in [0.1, 0.15) is 11.4 Å². The molecule has 0 unspecified atom stereocenters. The molecule has 0 bridgehead atoms. The van der Waals surface area contributed by atoms with Crippen LogP contribution in [0.3, 0.4) is 0 Å². The monoisotopic (exact) mass is 342 g/mol. The van der Waals surface area contributed by atoms with Crippen molar-refractivity contribution in [3.8, 4) is 5.75 Å². The molecule has 0 heterocycles.